The van der Waals surface area contributed by atoms with Crippen LogP contribution in [0, 0.1) is 0 Å². The number of fused-ring (bicyclic) bond motifs is 1. The Labute approximate surface area is 120 Å². The van der Waals surface area contributed by atoms with Crippen LogP contribution in [-0.2, 0) is 22.6 Å². The fourth-order valence-corrected chi connectivity index (χ4v) is 2.72. The quantitative estimate of drug-likeness (QED) is 0.661. The number of ether oxygens (including phenoxy) is 1. The Kier molecular flexibility index (Phi) is 3.83. The maximum atomic E-state index is 11.7. The minimum atomic E-state index is -0.198. The molecule has 0 radical (unpaired) electrons. The van der Waals surface area contributed by atoms with Gasteiger partial charge in [-0.05, 0) is 40.9 Å². The second kappa shape index (κ2) is 5.92. The number of thiophene rings is 1. The summed E-state index contributed by atoms with van der Waals surface area (Å²) >= 11 is 1.64. The average molecular weight is 286 g/mol. The smallest absolute Gasteiger partial charge is 0.306 e. The predicted octanol–water partition coefficient (Wildman–Crippen LogP) is 4.17. The Morgan fingerprint density at radius 3 is 2.95 bits per heavy atom. The van der Waals surface area contributed by atoms with Crippen molar-refractivity contribution >= 4 is 28.3 Å². The topological polar surface area (TPSA) is 39.4 Å². The van der Waals surface area contributed by atoms with Crippen LogP contribution < -0.4 is 0 Å². The Balaban J connectivity index is 1.52. The molecule has 0 saturated heterocycles. The standard InChI is InChI=1S/C16H14O3S/c17-16(6-5-12-7-8-20-11-12)18-10-14-9-13-3-1-2-4-15(13)19-14/h1-4,7-9,11H,5-6,10H2. The van der Waals surface area contributed by atoms with Crippen molar-refractivity contribution in [1.29, 1.82) is 0 Å². The van der Waals surface area contributed by atoms with Crippen LogP contribution in [0.15, 0.2) is 51.6 Å². The molecule has 20 heavy (non-hydrogen) atoms. The lowest BCUT2D eigenvalue weighted by Crippen LogP contribution is -2.05. The van der Waals surface area contributed by atoms with Gasteiger partial charge in [-0.1, -0.05) is 18.2 Å². The van der Waals surface area contributed by atoms with E-state index in [0.29, 0.717) is 12.2 Å². The molecule has 0 saturated carbocycles. The highest BCUT2D eigenvalue weighted by molar-refractivity contribution is 7.07. The van der Waals surface area contributed by atoms with Gasteiger partial charge in [-0.25, -0.2) is 0 Å². The van der Waals surface area contributed by atoms with Gasteiger partial charge >= 0.3 is 5.97 Å². The summed E-state index contributed by atoms with van der Waals surface area (Å²) in [5.41, 5.74) is 1.99. The summed E-state index contributed by atoms with van der Waals surface area (Å²) in [5.74, 6) is 0.478. The third-order valence-electron chi connectivity index (χ3n) is 3.05. The van der Waals surface area contributed by atoms with Crippen molar-refractivity contribution in [3.05, 3.63) is 58.5 Å². The summed E-state index contributed by atoms with van der Waals surface area (Å²) in [5, 5.41) is 5.08. The first-order valence-electron chi connectivity index (χ1n) is 6.45. The van der Waals surface area contributed by atoms with E-state index in [1.54, 1.807) is 11.3 Å². The molecule has 0 aliphatic heterocycles. The molecule has 2 heterocycles. The van der Waals surface area contributed by atoms with Crippen molar-refractivity contribution in [2.24, 2.45) is 0 Å². The number of para-hydroxylation sites is 1. The number of carbonyl (C=O) groups is 1. The van der Waals surface area contributed by atoms with Gasteiger partial charge in [0.25, 0.3) is 0 Å². The zero-order chi connectivity index (χ0) is 13.8. The molecule has 0 spiro atoms. The summed E-state index contributed by atoms with van der Waals surface area (Å²) in [6.45, 7) is 0.192. The van der Waals surface area contributed by atoms with E-state index in [4.69, 9.17) is 9.15 Å². The van der Waals surface area contributed by atoms with E-state index in [1.807, 2.05) is 47.2 Å². The molecular weight excluding hydrogens is 272 g/mol. The molecule has 0 aliphatic rings. The molecule has 0 amide bonds. The Hall–Kier alpha value is -2.07. The number of benzene rings is 1. The van der Waals surface area contributed by atoms with Gasteiger partial charge in [0.05, 0.1) is 0 Å². The molecule has 3 aromatic rings. The van der Waals surface area contributed by atoms with Gasteiger partial charge in [0.15, 0.2) is 0 Å². The van der Waals surface area contributed by atoms with Crippen LogP contribution in [0.3, 0.4) is 0 Å². The number of rotatable bonds is 5. The summed E-state index contributed by atoms with van der Waals surface area (Å²) in [6.07, 6.45) is 1.12. The minimum absolute atomic E-state index is 0.192. The van der Waals surface area contributed by atoms with E-state index < -0.39 is 0 Å². The molecule has 0 aliphatic carbocycles. The van der Waals surface area contributed by atoms with Crippen molar-refractivity contribution in [3.63, 3.8) is 0 Å². The first kappa shape index (κ1) is 12.9. The summed E-state index contributed by atoms with van der Waals surface area (Å²) in [6, 6.07) is 11.7. The van der Waals surface area contributed by atoms with Gasteiger partial charge in [0, 0.05) is 11.8 Å². The first-order valence-corrected chi connectivity index (χ1v) is 7.40. The maximum Gasteiger partial charge on any atom is 0.306 e. The number of hydrogen-bond donors (Lipinski definition) is 0. The number of aryl methyl sites for hydroxylation is 1. The molecule has 0 atom stereocenters. The van der Waals surface area contributed by atoms with Crippen LogP contribution >= 0.6 is 11.3 Å². The van der Waals surface area contributed by atoms with Crippen LogP contribution in [0.1, 0.15) is 17.7 Å². The predicted molar refractivity (Wildman–Crippen MR) is 78.7 cm³/mol. The van der Waals surface area contributed by atoms with Gasteiger partial charge in [-0.2, -0.15) is 11.3 Å². The summed E-state index contributed by atoms with van der Waals surface area (Å²) in [7, 11) is 0. The molecule has 0 unspecified atom stereocenters. The van der Waals surface area contributed by atoms with Gasteiger partial charge < -0.3 is 9.15 Å². The largest absolute Gasteiger partial charge is 0.457 e. The Morgan fingerprint density at radius 1 is 1.25 bits per heavy atom. The normalized spacial score (nSPS) is 10.8. The average Bonchev–Trinajstić information content (AvgIpc) is 3.11. The fraction of sp³-hybridized carbons (Fsp3) is 0.188. The molecule has 0 bridgehead atoms. The van der Waals surface area contributed by atoms with Crippen LogP contribution in [0.2, 0.25) is 0 Å². The van der Waals surface area contributed by atoms with Crippen molar-refractivity contribution in [2.75, 3.05) is 0 Å². The second-order valence-electron chi connectivity index (χ2n) is 4.54. The molecule has 3 nitrogen and oxygen atoms in total. The van der Waals surface area contributed by atoms with E-state index in [0.717, 1.165) is 17.4 Å². The molecule has 2 aromatic heterocycles. The molecule has 1 aromatic carbocycles. The van der Waals surface area contributed by atoms with E-state index in [9.17, 15) is 4.79 Å². The second-order valence-corrected chi connectivity index (χ2v) is 5.32. The monoisotopic (exact) mass is 286 g/mol. The SMILES string of the molecule is O=C(CCc1ccsc1)OCc1cc2ccccc2o1. The fourth-order valence-electron chi connectivity index (χ4n) is 2.01. The van der Waals surface area contributed by atoms with E-state index in [-0.39, 0.29) is 12.6 Å². The minimum Gasteiger partial charge on any atom is -0.457 e. The van der Waals surface area contributed by atoms with Crippen molar-refractivity contribution < 1.29 is 13.9 Å². The van der Waals surface area contributed by atoms with Gasteiger partial charge in [-0.15, -0.1) is 0 Å². The third kappa shape index (κ3) is 3.08. The molecule has 0 fully saturated rings. The van der Waals surface area contributed by atoms with Crippen LogP contribution in [0.5, 0.6) is 0 Å². The van der Waals surface area contributed by atoms with Crippen LogP contribution in [0.4, 0.5) is 0 Å². The van der Waals surface area contributed by atoms with Crippen molar-refractivity contribution in [3.8, 4) is 0 Å². The van der Waals surface area contributed by atoms with E-state index in [1.165, 1.54) is 5.56 Å². The maximum absolute atomic E-state index is 11.7. The third-order valence-corrected chi connectivity index (χ3v) is 3.78. The first-order chi connectivity index (χ1) is 9.81. The summed E-state index contributed by atoms with van der Waals surface area (Å²) < 4.78 is 10.8. The van der Waals surface area contributed by atoms with E-state index >= 15 is 0 Å². The zero-order valence-corrected chi connectivity index (χ0v) is 11.7. The van der Waals surface area contributed by atoms with Crippen LogP contribution in [-0.4, -0.2) is 5.97 Å². The molecule has 4 heteroatoms. The number of furan rings is 1. The Morgan fingerprint density at radius 2 is 2.15 bits per heavy atom. The molecule has 0 N–H and O–H groups in total. The summed E-state index contributed by atoms with van der Waals surface area (Å²) in [4.78, 5) is 11.7. The number of carbonyl (C=O) groups excluding carboxylic acids is 1. The molecule has 102 valence electrons. The van der Waals surface area contributed by atoms with Gasteiger partial charge in [-0.3, -0.25) is 4.79 Å². The highest BCUT2D eigenvalue weighted by Crippen LogP contribution is 2.19. The molecule has 3 rings (SSSR count). The lowest BCUT2D eigenvalue weighted by atomic mass is 10.2. The van der Waals surface area contributed by atoms with Gasteiger partial charge in [0.2, 0.25) is 0 Å². The zero-order valence-electron chi connectivity index (χ0n) is 10.9. The van der Waals surface area contributed by atoms with Crippen molar-refractivity contribution in [2.45, 2.75) is 19.4 Å². The highest BCUT2D eigenvalue weighted by Gasteiger charge is 2.08. The highest BCUT2D eigenvalue weighted by atomic mass is 32.1. The van der Waals surface area contributed by atoms with Crippen molar-refractivity contribution in [1.82, 2.24) is 0 Å². The lowest BCUT2D eigenvalue weighted by Gasteiger charge is -2.01. The molecular formula is C16H14O3S. The Bertz CT molecular complexity index is 664. The van der Waals surface area contributed by atoms with E-state index in [2.05, 4.69) is 0 Å². The number of esters is 1. The lowest BCUT2D eigenvalue weighted by molar-refractivity contribution is -0.145. The van der Waals surface area contributed by atoms with Gasteiger partial charge in [0.1, 0.15) is 18.0 Å². The van der Waals surface area contributed by atoms with Crippen LogP contribution in [0.25, 0.3) is 11.0 Å². The number of hydrogen-bond acceptors (Lipinski definition) is 4.